The van der Waals surface area contributed by atoms with Crippen LogP contribution in [-0.4, -0.2) is 17.7 Å². The van der Waals surface area contributed by atoms with Crippen molar-refractivity contribution in [3.05, 3.63) is 98.1 Å². The number of carbonyl (C=O) groups excluding carboxylic acids is 3. The molecule has 9 heteroatoms. The van der Waals surface area contributed by atoms with E-state index in [-0.39, 0.29) is 32.4 Å². The van der Waals surface area contributed by atoms with Gasteiger partial charge in [0.1, 0.15) is 10.7 Å². The molecule has 3 aromatic carbocycles. The lowest BCUT2D eigenvalue weighted by atomic mass is 10.1. The summed E-state index contributed by atoms with van der Waals surface area (Å²) in [6.07, 6.45) is 0. The molecule has 0 atom stereocenters. The summed E-state index contributed by atoms with van der Waals surface area (Å²) < 4.78 is 0. The Kier molecular flexibility index (Phi) is 6.66. The molecule has 6 nitrogen and oxygen atoms in total. The quantitative estimate of drug-likeness (QED) is 0.392. The third-order valence-corrected chi connectivity index (χ3v) is 6.08. The first-order valence-electron chi connectivity index (χ1n) is 10.1. The van der Waals surface area contributed by atoms with E-state index in [0.29, 0.717) is 16.9 Å². The molecule has 1 aliphatic heterocycles. The normalized spacial score (nSPS) is 13.5. The van der Waals surface area contributed by atoms with Gasteiger partial charge in [-0.1, -0.05) is 46.9 Å². The zero-order chi connectivity index (χ0) is 24.6. The topological polar surface area (TPSA) is 78.5 Å². The number of hydrogen-bond donors (Lipinski definition) is 2. The Morgan fingerprint density at radius 2 is 1.50 bits per heavy atom. The SMILES string of the molecule is Cc1ccc(NC(=O)c2cccc(NC3=C(Cl)C(=O)N(c4cc(Cl)cc(Cl)c4)C3=O)c2)cc1C. The number of rotatable bonds is 5. The fraction of sp³-hybridized carbons (Fsp3) is 0.0800. The van der Waals surface area contributed by atoms with Crippen molar-refractivity contribution in [2.45, 2.75) is 13.8 Å². The van der Waals surface area contributed by atoms with Gasteiger partial charge in [0.2, 0.25) is 0 Å². The number of hydrogen-bond acceptors (Lipinski definition) is 4. The maximum atomic E-state index is 13.0. The number of carbonyl (C=O) groups is 3. The number of aryl methyl sites for hydroxylation is 2. The number of anilines is 3. The summed E-state index contributed by atoms with van der Waals surface area (Å²) in [5.74, 6) is -1.70. The highest BCUT2D eigenvalue weighted by atomic mass is 35.5. The smallest absolute Gasteiger partial charge is 0.283 e. The number of halogens is 3. The third kappa shape index (κ3) is 4.80. The van der Waals surface area contributed by atoms with E-state index in [1.807, 2.05) is 32.0 Å². The first kappa shape index (κ1) is 23.8. The second kappa shape index (κ2) is 9.50. The van der Waals surface area contributed by atoms with Crippen LogP contribution in [0.5, 0.6) is 0 Å². The number of benzene rings is 3. The van der Waals surface area contributed by atoms with Gasteiger partial charge in [-0.15, -0.1) is 0 Å². The van der Waals surface area contributed by atoms with Crippen LogP contribution in [0.4, 0.5) is 17.1 Å². The van der Waals surface area contributed by atoms with Gasteiger partial charge in [0.05, 0.1) is 5.69 Å². The zero-order valence-corrected chi connectivity index (χ0v) is 20.3. The highest BCUT2D eigenvalue weighted by Crippen LogP contribution is 2.33. The zero-order valence-electron chi connectivity index (χ0n) is 18.1. The molecule has 3 aromatic rings. The fourth-order valence-corrected chi connectivity index (χ4v) is 4.15. The summed E-state index contributed by atoms with van der Waals surface area (Å²) in [4.78, 5) is 39.3. The van der Waals surface area contributed by atoms with Crippen molar-refractivity contribution in [2.24, 2.45) is 0 Å². The first-order chi connectivity index (χ1) is 16.1. The Labute approximate surface area is 211 Å². The van der Waals surface area contributed by atoms with Gasteiger partial charge in [-0.25, -0.2) is 4.90 Å². The predicted octanol–water partition coefficient (Wildman–Crippen LogP) is 6.30. The summed E-state index contributed by atoms with van der Waals surface area (Å²) in [5.41, 5.74) is 3.70. The van der Waals surface area contributed by atoms with Crippen LogP contribution >= 0.6 is 34.8 Å². The van der Waals surface area contributed by atoms with Crippen LogP contribution in [-0.2, 0) is 9.59 Å². The Bertz CT molecular complexity index is 1360. The predicted molar refractivity (Wildman–Crippen MR) is 136 cm³/mol. The molecule has 0 fully saturated rings. The van der Waals surface area contributed by atoms with Crippen LogP contribution in [0.25, 0.3) is 0 Å². The summed E-state index contributed by atoms with van der Waals surface area (Å²) in [5, 5.41) is 5.96. The largest absolute Gasteiger partial charge is 0.350 e. The molecule has 172 valence electrons. The first-order valence-corrected chi connectivity index (χ1v) is 11.3. The maximum Gasteiger partial charge on any atom is 0.283 e. The highest BCUT2D eigenvalue weighted by Gasteiger charge is 2.39. The number of imide groups is 1. The van der Waals surface area contributed by atoms with Gasteiger partial charge in [0.25, 0.3) is 17.7 Å². The fourth-order valence-electron chi connectivity index (χ4n) is 3.42. The van der Waals surface area contributed by atoms with E-state index in [9.17, 15) is 14.4 Å². The molecule has 0 aliphatic carbocycles. The molecule has 34 heavy (non-hydrogen) atoms. The molecule has 0 radical (unpaired) electrons. The van der Waals surface area contributed by atoms with E-state index >= 15 is 0 Å². The van der Waals surface area contributed by atoms with Crippen LogP contribution in [0, 0.1) is 13.8 Å². The lowest BCUT2D eigenvalue weighted by Crippen LogP contribution is -2.32. The van der Waals surface area contributed by atoms with Gasteiger partial charge in [-0.3, -0.25) is 14.4 Å². The second-order valence-electron chi connectivity index (χ2n) is 7.72. The van der Waals surface area contributed by atoms with Gasteiger partial charge in [-0.05, 0) is 73.5 Å². The van der Waals surface area contributed by atoms with Crippen molar-refractivity contribution >= 4 is 69.6 Å². The maximum absolute atomic E-state index is 13.0. The van der Waals surface area contributed by atoms with Crippen LogP contribution in [0.1, 0.15) is 21.5 Å². The van der Waals surface area contributed by atoms with Gasteiger partial charge >= 0.3 is 0 Å². The summed E-state index contributed by atoms with van der Waals surface area (Å²) >= 11 is 18.2. The van der Waals surface area contributed by atoms with Crippen molar-refractivity contribution in [3.8, 4) is 0 Å². The molecule has 0 bridgehead atoms. The highest BCUT2D eigenvalue weighted by molar-refractivity contribution is 6.53. The van der Waals surface area contributed by atoms with Crippen molar-refractivity contribution in [3.63, 3.8) is 0 Å². The van der Waals surface area contributed by atoms with E-state index < -0.39 is 11.8 Å². The molecule has 0 unspecified atom stereocenters. The van der Waals surface area contributed by atoms with E-state index in [1.165, 1.54) is 18.2 Å². The van der Waals surface area contributed by atoms with Crippen molar-refractivity contribution < 1.29 is 14.4 Å². The van der Waals surface area contributed by atoms with Crippen LogP contribution in [0.3, 0.4) is 0 Å². The minimum absolute atomic E-state index is 0.116. The van der Waals surface area contributed by atoms with Gasteiger partial charge < -0.3 is 10.6 Å². The molecule has 2 N–H and O–H groups in total. The summed E-state index contributed by atoms with van der Waals surface area (Å²) in [7, 11) is 0. The van der Waals surface area contributed by atoms with Crippen molar-refractivity contribution in [1.82, 2.24) is 0 Å². The average molecular weight is 515 g/mol. The van der Waals surface area contributed by atoms with Crippen LogP contribution < -0.4 is 15.5 Å². The Balaban J connectivity index is 1.55. The Morgan fingerprint density at radius 3 is 2.18 bits per heavy atom. The molecule has 3 amide bonds. The number of nitrogens with one attached hydrogen (secondary N) is 2. The molecule has 0 saturated heterocycles. The van der Waals surface area contributed by atoms with Crippen LogP contribution in [0.15, 0.2) is 71.4 Å². The van der Waals surface area contributed by atoms with Gasteiger partial charge in [0, 0.05) is 27.0 Å². The Morgan fingerprint density at radius 1 is 0.794 bits per heavy atom. The van der Waals surface area contributed by atoms with Crippen molar-refractivity contribution in [1.29, 1.82) is 0 Å². The van der Waals surface area contributed by atoms with E-state index in [4.69, 9.17) is 34.8 Å². The molecule has 1 aliphatic rings. The molecule has 4 rings (SSSR count). The molecular weight excluding hydrogens is 497 g/mol. The number of amides is 3. The molecule has 0 aromatic heterocycles. The Hall–Kier alpha value is -3.32. The molecular formula is C25H18Cl3N3O3. The lowest BCUT2D eigenvalue weighted by molar-refractivity contribution is -0.120. The molecule has 1 heterocycles. The lowest BCUT2D eigenvalue weighted by Gasteiger charge is -2.16. The van der Waals surface area contributed by atoms with Crippen LogP contribution in [0.2, 0.25) is 10.0 Å². The third-order valence-electron chi connectivity index (χ3n) is 5.29. The minimum Gasteiger partial charge on any atom is -0.350 e. The number of nitrogens with zero attached hydrogens (tertiary/aromatic N) is 1. The monoisotopic (exact) mass is 513 g/mol. The van der Waals surface area contributed by atoms with Gasteiger partial charge in [0.15, 0.2) is 0 Å². The van der Waals surface area contributed by atoms with E-state index in [2.05, 4.69) is 10.6 Å². The van der Waals surface area contributed by atoms with E-state index in [0.717, 1.165) is 16.0 Å². The summed E-state index contributed by atoms with van der Waals surface area (Å²) in [6.45, 7) is 3.96. The van der Waals surface area contributed by atoms with Gasteiger partial charge in [-0.2, -0.15) is 0 Å². The van der Waals surface area contributed by atoms with Crippen molar-refractivity contribution in [2.75, 3.05) is 15.5 Å². The van der Waals surface area contributed by atoms with E-state index in [1.54, 1.807) is 24.3 Å². The minimum atomic E-state index is -0.712. The standard InChI is InChI=1S/C25H18Cl3N3O3/c1-13-6-7-19(8-14(13)2)30-23(32)15-4-3-5-18(9-15)29-22-21(28)24(33)31(25(22)34)20-11-16(26)10-17(27)12-20/h3-12,29H,1-2H3,(H,30,32). The molecule has 0 spiro atoms. The average Bonchev–Trinajstić information content (AvgIpc) is 2.99. The molecule has 0 saturated carbocycles. The second-order valence-corrected chi connectivity index (χ2v) is 8.97. The summed E-state index contributed by atoms with van der Waals surface area (Å²) in [6, 6.07) is 16.5.